The number of methoxy groups -OCH3 is 1. The van der Waals surface area contributed by atoms with Crippen LogP contribution in [0.15, 0.2) is 29.3 Å². The number of hydrogen-bond acceptors (Lipinski definition) is 6. The van der Waals surface area contributed by atoms with Gasteiger partial charge in [-0.1, -0.05) is 31.7 Å². The van der Waals surface area contributed by atoms with Crippen molar-refractivity contribution in [3.63, 3.8) is 0 Å². The van der Waals surface area contributed by atoms with Crippen LogP contribution in [0, 0.1) is 17.2 Å². The summed E-state index contributed by atoms with van der Waals surface area (Å²) < 4.78 is 10.6. The Morgan fingerprint density at radius 3 is 2.74 bits per heavy atom. The lowest BCUT2D eigenvalue weighted by Crippen LogP contribution is -2.43. The number of rotatable bonds is 5. The van der Waals surface area contributed by atoms with Crippen molar-refractivity contribution >= 4 is 17.7 Å². The maximum atomic E-state index is 12.3. The van der Waals surface area contributed by atoms with E-state index in [-0.39, 0.29) is 0 Å². The molecule has 2 rings (SSSR count). The zero-order valence-electron chi connectivity index (χ0n) is 13.7. The van der Waals surface area contributed by atoms with Gasteiger partial charge in [-0.15, -0.1) is 0 Å². The number of nitriles is 1. The molecule has 5 nitrogen and oxygen atoms in total. The van der Waals surface area contributed by atoms with Gasteiger partial charge < -0.3 is 14.8 Å². The first-order chi connectivity index (χ1) is 10.9. The van der Waals surface area contributed by atoms with Crippen LogP contribution in [0.5, 0.6) is 5.75 Å². The predicted molar refractivity (Wildman–Crippen MR) is 89.7 cm³/mol. The average molecular weight is 332 g/mol. The summed E-state index contributed by atoms with van der Waals surface area (Å²) in [5, 5.41) is 14.4. The van der Waals surface area contributed by atoms with E-state index < -0.39 is 10.8 Å². The van der Waals surface area contributed by atoms with Crippen LogP contribution in [0.4, 0.5) is 0 Å². The Kier molecular flexibility index (Phi) is 5.22. The van der Waals surface area contributed by atoms with Gasteiger partial charge in [-0.3, -0.25) is 0 Å². The highest BCUT2D eigenvalue weighted by Crippen LogP contribution is 2.42. The van der Waals surface area contributed by atoms with E-state index >= 15 is 0 Å². The molecular formula is C17H20N2O3S. The third kappa shape index (κ3) is 3.45. The van der Waals surface area contributed by atoms with Crippen LogP contribution in [0.2, 0.25) is 0 Å². The topological polar surface area (TPSA) is 71.3 Å². The molecule has 0 spiro atoms. The van der Waals surface area contributed by atoms with Crippen molar-refractivity contribution in [1.82, 2.24) is 5.32 Å². The van der Waals surface area contributed by atoms with Crippen molar-refractivity contribution in [1.29, 1.82) is 5.26 Å². The molecule has 0 saturated carbocycles. The molecule has 1 aliphatic heterocycles. The van der Waals surface area contributed by atoms with Crippen LogP contribution in [0.1, 0.15) is 31.9 Å². The molecule has 0 aromatic heterocycles. The number of hydrogen-bond donors (Lipinski definition) is 1. The summed E-state index contributed by atoms with van der Waals surface area (Å²) in [7, 11) is 1.35. The highest BCUT2D eigenvalue weighted by Gasteiger charge is 2.45. The van der Waals surface area contributed by atoms with E-state index in [4.69, 9.17) is 9.47 Å². The van der Waals surface area contributed by atoms with Gasteiger partial charge in [0, 0.05) is 11.3 Å². The minimum absolute atomic E-state index is 0.363. The number of thioether (sulfide) groups is 1. The Morgan fingerprint density at radius 2 is 2.22 bits per heavy atom. The van der Waals surface area contributed by atoms with E-state index in [2.05, 4.69) is 11.4 Å². The van der Waals surface area contributed by atoms with Crippen LogP contribution >= 0.6 is 11.8 Å². The molecule has 0 aliphatic carbocycles. The second kappa shape index (κ2) is 6.97. The van der Waals surface area contributed by atoms with E-state index in [1.54, 1.807) is 18.2 Å². The number of benzene rings is 1. The van der Waals surface area contributed by atoms with Gasteiger partial charge in [0.2, 0.25) is 4.87 Å². The van der Waals surface area contributed by atoms with Crippen molar-refractivity contribution in [3.05, 3.63) is 40.4 Å². The SMILES string of the molecule is COC(=O)C1(c2ccc(OCC(C)C)c(C#N)c2)NC(C)=CS1. The minimum atomic E-state index is -1.05. The first-order valence-corrected chi connectivity index (χ1v) is 8.19. The molecule has 1 aromatic rings. The van der Waals surface area contributed by atoms with Crippen molar-refractivity contribution in [2.45, 2.75) is 25.6 Å². The van der Waals surface area contributed by atoms with Gasteiger partial charge >= 0.3 is 5.97 Å². The lowest BCUT2D eigenvalue weighted by Gasteiger charge is -2.27. The molecule has 122 valence electrons. The van der Waals surface area contributed by atoms with Crippen molar-refractivity contribution < 1.29 is 14.3 Å². The zero-order chi connectivity index (χ0) is 17.0. The second-order valence-corrected chi connectivity index (χ2v) is 6.83. The van der Waals surface area contributed by atoms with Crippen LogP contribution in [0.3, 0.4) is 0 Å². The Hall–Kier alpha value is -2.13. The normalized spacial score (nSPS) is 19.7. The van der Waals surface area contributed by atoms with Gasteiger partial charge in [0.05, 0.1) is 19.3 Å². The van der Waals surface area contributed by atoms with Crippen LogP contribution in [-0.2, 0) is 14.4 Å². The van der Waals surface area contributed by atoms with Gasteiger partial charge in [0.25, 0.3) is 0 Å². The average Bonchev–Trinajstić information content (AvgIpc) is 2.95. The quantitative estimate of drug-likeness (QED) is 0.835. The summed E-state index contributed by atoms with van der Waals surface area (Å²) in [6.45, 7) is 6.49. The molecule has 0 fully saturated rings. The van der Waals surface area contributed by atoms with Crippen molar-refractivity contribution in [2.75, 3.05) is 13.7 Å². The number of nitrogens with zero attached hydrogens (tertiary/aromatic N) is 1. The van der Waals surface area contributed by atoms with E-state index in [0.29, 0.717) is 29.4 Å². The Bertz CT molecular complexity index is 679. The fraction of sp³-hybridized carbons (Fsp3) is 0.412. The number of carbonyl (C=O) groups excluding carboxylic acids is 1. The number of nitrogens with one attached hydrogen (secondary N) is 1. The molecule has 1 aromatic carbocycles. The molecule has 1 heterocycles. The third-order valence-corrected chi connectivity index (χ3v) is 4.67. The molecule has 0 bridgehead atoms. The molecule has 1 unspecified atom stereocenters. The smallest absolute Gasteiger partial charge is 0.347 e. The van der Waals surface area contributed by atoms with Crippen LogP contribution in [0.25, 0.3) is 0 Å². The summed E-state index contributed by atoms with van der Waals surface area (Å²) in [4.78, 5) is 11.3. The highest BCUT2D eigenvalue weighted by molar-refractivity contribution is 8.04. The van der Waals surface area contributed by atoms with Gasteiger partial charge in [0.1, 0.15) is 11.8 Å². The van der Waals surface area contributed by atoms with Gasteiger partial charge in [-0.05, 0) is 30.4 Å². The summed E-state index contributed by atoms with van der Waals surface area (Å²) >= 11 is 1.33. The fourth-order valence-electron chi connectivity index (χ4n) is 2.23. The molecule has 0 saturated heterocycles. The number of ether oxygens (including phenoxy) is 2. The third-order valence-electron chi connectivity index (χ3n) is 3.34. The summed E-state index contributed by atoms with van der Waals surface area (Å²) in [6, 6.07) is 7.34. The van der Waals surface area contributed by atoms with E-state index in [1.165, 1.54) is 18.9 Å². The first-order valence-electron chi connectivity index (χ1n) is 7.31. The fourth-order valence-corrected chi connectivity index (χ4v) is 3.31. The van der Waals surface area contributed by atoms with E-state index in [0.717, 1.165) is 5.70 Å². The molecule has 1 N–H and O–H groups in total. The lowest BCUT2D eigenvalue weighted by molar-refractivity contribution is -0.144. The maximum absolute atomic E-state index is 12.3. The minimum Gasteiger partial charge on any atom is -0.492 e. The van der Waals surface area contributed by atoms with Crippen LogP contribution in [-0.4, -0.2) is 19.7 Å². The second-order valence-electron chi connectivity index (χ2n) is 5.74. The molecular weight excluding hydrogens is 312 g/mol. The largest absolute Gasteiger partial charge is 0.492 e. The molecule has 0 amide bonds. The van der Waals surface area contributed by atoms with Gasteiger partial charge in [0.15, 0.2) is 0 Å². The Balaban J connectivity index is 2.39. The Labute approximate surface area is 140 Å². The molecule has 0 radical (unpaired) electrons. The standard InChI is InChI=1S/C17H20N2O3S/c1-11(2)9-22-15-6-5-14(7-13(15)8-18)17(16(20)21-4)19-12(3)10-23-17/h5-7,10-11,19H,9H2,1-4H3. The molecule has 1 atom stereocenters. The summed E-state index contributed by atoms with van der Waals surface area (Å²) in [5.74, 6) is 0.481. The maximum Gasteiger partial charge on any atom is 0.347 e. The van der Waals surface area contributed by atoms with Crippen LogP contribution < -0.4 is 10.1 Å². The number of carbonyl (C=O) groups is 1. The molecule has 1 aliphatic rings. The van der Waals surface area contributed by atoms with E-state index in [1.807, 2.05) is 26.2 Å². The zero-order valence-corrected chi connectivity index (χ0v) is 14.5. The molecule has 23 heavy (non-hydrogen) atoms. The Morgan fingerprint density at radius 1 is 1.48 bits per heavy atom. The monoisotopic (exact) mass is 332 g/mol. The molecule has 6 heteroatoms. The first kappa shape index (κ1) is 17.2. The van der Waals surface area contributed by atoms with Gasteiger partial charge in [-0.2, -0.15) is 5.26 Å². The highest BCUT2D eigenvalue weighted by atomic mass is 32.2. The summed E-state index contributed by atoms with van der Waals surface area (Å²) in [6.07, 6.45) is 0. The van der Waals surface area contributed by atoms with Crippen molar-refractivity contribution in [2.24, 2.45) is 5.92 Å². The van der Waals surface area contributed by atoms with E-state index in [9.17, 15) is 10.1 Å². The lowest BCUT2D eigenvalue weighted by atomic mass is 10.0. The van der Waals surface area contributed by atoms with Crippen molar-refractivity contribution in [3.8, 4) is 11.8 Å². The predicted octanol–water partition coefficient (Wildman–Crippen LogP) is 3.12. The number of allylic oxidation sites excluding steroid dienone is 1. The van der Waals surface area contributed by atoms with Gasteiger partial charge in [-0.25, -0.2) is 4.79 Å². The number of esters is 1. The summed E-state index contributed by atoms with van der Waals surface area (Å²) in [5.41, 5.74) is 1.94.